The minimum absolute atomic E-state index is 1.29. The Bertz CT molecular complexity index is 1230. The normalized spacial score (nSPS) is 11.3. The molecule has 4 aliphatic rings. The van der Waals surface area contributed by atoms with Crippen molar-refractivity contribution in [3.05, 3.63) is 109 Å². The predicted molar refractivity (Wildman–Crippen MR) is 132 cm³/mol. The maximum absolute atomic E-state index is 2.29. The third-order valence-electron chi connectivity index (χ3n) is 5.48. The first-order valence-electron chi connectivity index (χ1n) is 10.0. The molecule has 0 unspecified atom stereocenters. The average Bonchev–Trinajstić information content (AvgIpc) is 3.52. The first-order valence-corrected chi connectivity index (χ1v) is 11.7. The predicted octanol–water partition coefficient (Wildman–Crippen LogP) is 9.02. The molecule has 2 aromatic heterocycles. The van der Waals surface area contributed by atoms with Crippen molar-refractivity contribution in [2.24, 2.45) is 0 Å². The first kappa shape index (κ1) is 17.6. The molecule has 2 aromatic rings. The lowest BCUT2D eigenvalue weighted by molar-refractivity contribution is 1.84. The summed E-state index contributed by atoms with van der Waals surface area (Å²) in [6.45, 7) is 0. The molecule has 0 spiro atoms. The van der Waals surface area contributed by atoms with E-state index in [1.807, 2.05) is 22.7 Å². The van der Waals surface area contributed by atoms with E-state index in [1.165, 1.54) is 52.9 Å². The summed E-state index contributed by atoms with van der Waals surface area (Å²) in [5, 5.41) is 0. The van der Waals surface area contributed by atoms with Gasteiger partial charge >= 0.3 is 0 Å². The van der Waals surface area contributed by atoms with E-state index < -0.39 is 0 Å². The fraction of sp³-hybridized carbons (Fsp3) is 0. The van der Waals surface area contributed by atoms with Crippen molar-refractivity contribution in [1.82, 2.24) is 0 Å². The van der Waals surface area contributed by atoms with E-state index in [4.69, 9.17) is 0 Å². The Balaban J connectivity index is 1.33. The van der Waals surface area contributed by atoms with Crippen molar-refractivity contribution < 1.29 is 0 Å². The summed E-state index contributed by atoms with van der Waals surface area (Å²) >= 11 is 3.75. The van der Waals surface area contributed by atoms with Crippen LogP contribution in [0.3, 0.4) is 0 Å². The van der Waals surface area contributed by atoms with Gasteiger partial charge in [-0.25, -0.2) is 0 Å². The third kappa shape index (κ3) is 3.15. The van der Waals surface area contributed by atoms with Gasteiger partial charge in [0.05, 0.1) is 0 Å². The van der Waals surface area contributed by atoms with Crippen LogP contribution in [0.25, 0.3) is 52.9 Å². The summed E-state index contributed by atoms with van der Waals surface area (Å²) in [5.74, 6) is 0. The Labute approximate surface area is 184 Å². The lowest BCUT2D eigenvalue weighted by atomic mass is 10.2. The molecule has 0 aliphatic heterocycles. The maximum Gasteiger partial charge on any atom is 0.0449 e. The minimum Gasteiger partial charge on any atom is -0.134 e. The highest BCUT2D eigenvalue weighted by molar-refractivity contribution is 7.25. The van der Waals surface area contributed by atoms with Crippen LogP contribution in [0.4, 0.5) is 0 Å². The molecule has 0 bridgehead atoms. The molecule has 4 aliphatic carbocycles. The van der Waals surface area contributed by atoms with Crippen LogP contribution in [0.5, 0.6) is 0 Å². The van der Waals surface area contributed by atoms with Gasteiger partial charge in [-0.2, -0.15) is 0 Å². The lowest BCUT2D eigenvalue weighted by Gasteiger charge is -1.92. The maximum atomic E-state index is 2.29. The van der Waals surface area contributed by atoms with Gasteiger partial charge in [0.2, 0.25) is 0 Å². The van der Waals surface area contributed by atoms with Crippen LogP contribution in [0.15, 0.2) is 109 Å². The summed E-state index contributed by atoms with van der Waals surface area (Å²) in [5.41, 5.74) is 7.78. The summed E-state index contributed by atoms with van der Waals surface area (Å²) in [7, 11) is 0. The van der Waals surface area contributed by atoms with E-state index in [-0.39, 0.29) is 0 Å². The number of thiophene rings is 2. The topological polar surface area (TPSA) is 0 Å². The van der Waals surface area contributed by atoms with E-state index >= 15 is 0 Å². The Hall–Kier alpha value is -3.20. The van der Waals surface area contributed by atoms with Gasteiger partial charge in [-0.05, 0) is 81.9 Å². The molecule has 6 rings (SSSR count). The van der Waals surface area contributed by atoms with Gasteiger partial charge in [0.15, 0.2) is 0 Å². The van der Waals surface area contributed by atoms with Gasteiger partial charge < -0.3 is 0 Å². The molecule has 0 saturated heterocycles. The van der Waals surface area contributed by atoms with Gasteiger partial charge in [-0.3, -0.25) is 0 Å². The van der Waals surface area contributed by atoms with Gasteiger partial charge in [0.25, 0.3) is 0 Å². The molecule has 0 N–H and O–H groups in total. The summed E-state index contributed by atoms with van der Waals surface area (Å²) in [4.78, 5) is 5.31. The fourth-order valence-electron chi connectivity index (χ4n) is 3.96. The summed E-state index contributed by atoms with van der Waals surface area (Å²) in [6.07, 6.45) is 0. The molecule has 2 heterocycles. The van der Waals surface area contributed by atoms with Crippen molar-refractivity contribution in [1.29, 1.82) is 0 Å². The molecule has 30 heavy (non-hydrogen) atoms. The van der Waals surface area contributed by atoms with E-state index in [1.54, 1.807) is 0 Å². The molecular formula is C28H18S2. The van der Waals surface area contributed by atoms with Crippen molar-refractivity contribution in [3.8, 4) is 52.9 Å². The number of hydrogen-bond donors (Lipinski definition) is 0. The number of rotatable bonds is 3. The second kappa shape index (κ2) is 7.24. The van der Waals surface area contributed by atoms with Gasteiger partial charge in [-0.1, -0.05) is 60.7 Å². The Morgan fingerprint density at radius 3 is 1.00 bits per heavy atom. The lowest BCUT2D eigenvalue weighted by Crippen LogP contribution is -1.60. The molecule has 0 aromatic carbocycles. The quantitative estimate of drug-likeness (QED) is 0.269. The van der Waals surface area contributed by atoms with E-state index in [9.17, 15) is 0 Å². The molecular weight excluding hydrogens is 400 g/mol. The van der Waals surface area contributed by atoms with Crippen LogP contribution in [0.2, 0.25) is 0 Å². The van der Waals surface area contributed by atoms with E-state index in [0.717, 1.165) is 0 Å². The second-order valence-electron chi connectivity index (χ2n) is 7.46. The summed E-state index contributed by atoms with van der Waals surface area (Å²) in [6, 6.07) is 39.5. The zero-order valence-electron chi connectivity index (χ0n) is 16.2. The Morgan fingerprint density at radius 1 is 0.300 bits per heavy atom. The van der Waals surface area contributed by atoms with Gasteiger partial charge in [0, 0.05) is 19.5 Å². The molecule has 0 fully saturated rings. The number of fused-ring (bicyclic) bond motifs is 2. The van der Waals surface area contributed by atoms with Crippen LogP contribution in [-0.4, -0.2) is 0 Å². The van der Waals surface area contributed by atoms with Crippen molar-refractivity contribution in [3.63, 3.8) is 0 Å². The van der Waals surface area contributed by atoms with Crippen LogP contribution < -0.4 is 0 Å². The standard InChI is InChI=1S/C28H18S2/c1-3-7-19-15-23(16-20(19)8-4-1)25-11-13-27(29-25)28-14-12-26(30-28)24-17-21-9-5-2-6-10-22(21)18-24/h1-18H. The molecule has 0 atom stereocenters. The highest BCUT2D eigenvalue weighted by atomic mass is 32.1. The zero-order chi connectivity index (χ0) is 19.9. The van der Waals surface area contributed by atoms with Crippen LogP contribution in [0.1, 0.15) is 0 Å². The second-order valence-corrected chi connectivity index (χ2v) is 9.63. The molecule has 0 amide bonds. The molecule has 2 heteroatoms. The van der Waals surface area contributed by atoms with Crippen molar-refractivity contribution in [2.75, 3.05) is 0 Å². The average molecular weight is 419 g/mol. The first-order chi connectivity index (χ1) is 14.8. The van der Waals surface area contributed by atoms with Crippen molar-refractivity contribution >= 4 is 22.7 Å². The van der Waals surface area contributed by atoms with Gasteiger partial charge in [0.1, 0.15) is 0 Å². The Kier molecular flexibility index (Phi) is 4.26. The van der Waals surface area contributed by atoms with Crippen LogP contribution in [-0.2, 0) is 0 Å². The molecule has 0 saturated carbocycles. The third-order valence-corrected chi connectivity index (χ3v) is 7.95. The fourth-order valence-corrected chi connectivity index (χ4v) is 6.04. The molecule has 0 nitrogen and oxygen atoms in total. The van der Waals surface area contributed by atoms with Gasteiger partial charge in [-0.15, -0.1) is 22.7 Å². The Morgan fingerprint density at radius 2 is 0.633 bits per heavy atom. The van der Waals surface area contributed by atoms with Crippen molar-refractivity contribution in [2.45, 2.75) is 0 Å². The highest BCUT2D eigenvalue weighted by Crippen LogP contribution is 2.43. The summed E-state index contributed by atoms with van der Waals surface area (Å²) < 4.78 is 0. The SMILES string of the molecule is c1ccc2cc(-c3ccc(-c4ccc(-c5cc6cccccc-6c5)s4)s3)cc-2cc1. The molecule has 0 radical (unpaired) electrons. The molecule has 142 valence electrons. The zero-order valence-corrected chi connectivity index (χ0v) is 17.8. The largest absolute Gasteiger partial charge is 0.134 e. The van der Waals surface area contributed by atoms with Crippen LogP contribution >= 0.6 is 22.7 Å². The smallest absolute Gasteiger partial charge is 0.0449 e. The minimum atomic E-state index is 1.29. The van der Waals surface area contributed by atoms with E-state index in [0.29, 0.717) is 0 Å². The van der Waals surface area contributed by atoms with Crippen LogP contribution in [0, 0.1) is 0 Å². The van der Waals surface area contributed by atoms with E-state index in [2.05, 4.69) is 109 Å². The highest BCUT2D eigenvalue weighted by Gasteiger charge is 2.13. The number of hydrogen-bond acceptors (Lipinski definition) is 2. The monoisotopic (exact) mass is 418 g/mol.